The lowest BCUT2D eigenvalue weighted by molar-refractivity contribution is 0.0943. The van der Waals surface area contributed by atoms with Crippen LogP contribution in [-0.4, -0.2) is 32.5 Å². The number of hydrogen-bond acceptors (Lipinski definition) is 5. The second-order valence-electron chi connectivity index (χ2n) is 7.43. The molecule has 0 radical (unpaired) electrons. The number of sulfonamides is 1. The number of amides is 2. The summed E-state index contributed by atoms with van der Waals surface area (Å²) >= 11 is 0. The average molecular weight is 454 g/mol. The van der Waals surface area contributed by atoms with E-state index in [1.165, 1.54) is 4.31 Å². The van der Waals surface area contributed by atoms with Gasteiger partial charge in [0.05, 0.1) is 24.2 Å². The van der Waals surface area contributed by atoms with Gasteiger partial charge in [0.25, 0.3) is 11.8 Å². The first-order chi connectivity index (χ1) is 15.4. The van der Waals surface area contributed by atoms with Crippen LogP contribution in [0.2, 0.25) is 0 Å². The fourth-order valence-corrected chi connectivity index (χ4v) is 5.06. The second-order valence-corrected chi connectivity index (χ2v) is 9.45. The van der Waals surface area contributed by atoms with Gasteiger partial charge in [0.1, 0.15) is 5.76 Å². The molecule has 2 amide bonds. The summed E-state index contributed by atoms with van der Waals surface area (Å²) in [6.07, 6.45) is 2.15. The predicted molar refractivity (Wildman–Crippen MR) is 120 cm³/mol. The number of rotatable bonds is 7. The van der Waals surface area contributed by atoms with Gasteiger partial charge in [-0.1, -0.05) is 12.1 Å². The first kappa shape index (κ1) is 21.6. The van der Waals surface area contributed by atoms with Crippen molar-refractivity contribution >= 4 is 27.5 Å². The molecule has 0 unspecified atom stereocenters. The molecule has 2 heterocycles. The standard InChI is InChI=1S/C23H23N3O5S/c27-22(18-7-9-20(10-8-18)26-11-3-13-32(26,29)30)24-15-17-4-1-5-19(14-17)23(28)25-16-21-6-2-12-31-21/h1-2,4-10,12,14H,3,11,13,15-16H2,(H,24,27)(H,25,28). The highest BCUT2D eigenvalue weighted by Gasteiger charge is 2.28. The number of nitrogens with one attached hydrogen (secondary N) is 2. The van der Waals surface area contributed by atoms with Crippen molar-refractivity contribution < 1.29 is 22.4 Å². The molecule has 32 heavy (non-hydrogen) atoms. The maximum Gasteiger partial charge on any atom is 0.251 e. The average Bonchev–Trinajstić information content (AvgIpc) is 3.45. The molecule has 0 saturated carbocycles. The number of benzene rings is 2. The summed E-state index contributed by atoms with van der Waals surface area (Å²) < 4.78 is 30.6. The minimum Gasteiger partial charge on any atom is -0.467 e. The van der Waals surface area contributed by atoms with Gasteiger partial charge in [-0.2, -0.15) is 0 Å². The maximum absolute atomic E-state index is 12.5. The summed E-state index contributed by atoms with van der Waals surface area (Å²) in [5.74, 6) is 0.292. The van der Waals surface area contributed by atoms with Crippen molar-refractivity contribution in [2.24, 2.45) is 0 Å². The van der Waals surface area contributed by atoms with E-state index in [2.05, 4.69) is 10.6 Å². The molecular weight excluding hydrogens is 430 g/mol. The largest absolute Gasteiger partial charge is 0.467 e. The Kier molecular flexibility index (Phi) is 6.27. The highest BCUT2D eigenvalue weighted by molar-refractivity contribution is 7.93. The molecule has 9 heteroatoms. The minimum atomic E-state index is -3.25. The van der Waals surface area contributed by atoms with Gasteiger partial charge in [0, 0.05) is 24.2 Å². The Balaban J connectivity index is 1.33. The third-order valence-corrected chi connectivity index (χ3v) is 7.03. The highest BCUT2D eigenvalue weighted by Crippen LogP contribution is 2.24. The Bertz CT molecular complexity index is 1200. The molecule has 0 atom stereocenters. The Hall–Kier alpha value is -3.59. The van der Waals surface area contributed by atoms with Crippen LogP contribution in [0.15, 0.2) is 71.3 Å². The molecule has 1 saturated heterocycles. The van der Waals surface area contributed by atoms with Gasteiger partial charge >= 0.3 is 0 Å². The first-order valence-electron chi connectivity index (χ1n) is 10.2. The van der Waals surface area contributed by atoms with E-state index >= 15 is 0 Å². The van der Waals surface area contributed by atoms with Crippen molar-refractivity contribution in [2.75, 3.05) is 16.6 Å². The van der Waals surface area contributed by atoms with Gasteiger partial charge in [0.2, 0.25) is 10.0 Å². The normalized spacial score (nSPS) is 14.8. The molecule has 166 valence electrons. The van der Waals surface area contributed by atoms with E-state index in [4.69, 9.17) is 4.42 Å². The second kappa shape index (κ2) is 9.27. The van der Waals surface area contributed by atoms with Crippen LogP contribution in [0.25, 0.3) is 0 Å². The van der Waals surface area contributed by atoms with E-state index in [1.807, 2.05) is 6.07 Å². The topological polar surface area (TPSA) is 109 Å². The molecule has 1 aliphatic rings. The van der Waals surface area contributed by atoms with Crippen molar-refractivity contribution in [3.63, 3.8) is 0 Å². The van der Waals surface area contributed by atoms with E-state index in [1.54, 1.807) is 60.9 Å². The zero-order chi connectivity index (χ0) is 22.6. The van der Waals surface area contributed by atoms with Crippen molar-refractivity contribution in [3.05, 3.63) is 89.4 Å². The van der Waals surface area contributed by atoms with Crippen LogP contribution >= 0.6 is 0 Å². The zero-order valence-corrected chi connectivity index (χ0v) is 18.1. The quantitative estimate of drug-likeness (QED) is 0.572. The number of furan rings is 1. The minimum absolute atomic E-state index is 0.148. The SMILES string of the molecule is O=C(NCc1cccc(C(=O)NCc2ccco2)c1)c1ccc(N2CCCS2(=O)=O)cc1. The zero-order valence-electron chi connectivity index (χ0n) is 17.3. The molecule has 1 aromatic heterocycles. The molecule has 3 aromatic rings. The van der Waals surface area contributed by atoms with E-state index < -0.39 is 10.0 Å². The van der Waals surface area contributed by atoms with Crippen LogP contribution in [0.1, 0.15) is 38.5 Å². The maximum atomic E-state index is 12.5. The summed E-state index contributed by atoms with van der Waals surface area (Å²) in [5, 5.41) is 5.61. The van der Waals surface area contributed by atoms with Crippen LogP contribution < -0.4 is 14.9 Å². The Morgan fingerprint density at radius 3 is 2.34 bits per heavy atom. The molecule has 2 aromatic carbocycles. The summed E-state index contributed by atoms with van der Waals surface area (Å²) in [5.41, 5.74) is 2.26. The van der Waals surface area contributed by atoms with Gasteiger partial charge < -0.3 is 15.1 Å². The summed E-state index contributed by atoms with van der Waals surface area (Å²) in [4.78, 5) is 24.8. The van der Waals surface area contributed by atoms with E-state index in [0.29, 0.717) is 42.1 Å². The molecule has 8 nitrogen and oxygen atoms in total. The van der Waals surface area contributed by atoms with Crippen LogP contribution in [-0.2, 0) is 23.1 Å². The fraction of sp³-hybridized carbons (Fsp3) is 0.217. The number of carbonyl (C=O) groups is 2. The summed E-state index contributed by atoms with van der Waals surface area (Å²) in [7, 11) is -3.25. The molecule has 2 N–H and O–H groups in total. The lowest BCUT2D eigenvalue weighted by Crippen LogP contribution is -2.26. The predicted octanol–water partition coefficient (Wildman–Crippen LogP) is 2.68. The summed E-state index contributed by atoms with van der Waals surface area (Å²) in [6, 6.07) is 17.0. The number of nitrogens with zero attached hydrogens (tertiary/aromatic N) is 1. The van der Waals surface area contributed by atoms with Gasteiger partial charge in [-0.05, 0) is 60.5 Å². The van der Waals surface area contributed by atoms with E-state index in [-0.39, 0.29) is 24.1 Å². The lowest BCUT2D eigenvalue weighted by atomic mass is 10.1. The van der Waals surface area contributed by atoms with Crippen molar-refractivity contribution in [2.45, 2.75) is 19.5 Å². The molecule has 0 aliphatic carbocycles. The molecule has 4 rings (SSSR count). The number of hydrogen-bond donors (Lipinski definition) is 2. The molecular formula is C23H23N3O5S. The fourth-order valence-electron chi connectivity index (χ4n) is 3.50. The third-order valence-electron chi connectivity index (χ3n) is 5.16. The monoisotopic (exact) mass is 453 g/mol. The molecule has 0 bridgehead atoms. The lowest BCUT2D eigenvalue weighted by Gasteiger charge is -2.17. The number of carbonyl (C=O) groups excluding carboxylic acids is 2. The smallest absolute Gasteiger partial charge is 0.251 e. The molecule has 1 aliphatic heterocycles. The summed E-state index contributed by atoms with van der Waals surface area (Å²) in [6.45, 7) is 1.00. The highest BCUT2D eigenvalue weighted by atomic mass is 32.2. The molecule has 1 fully saturated rings. The molecule has 0 spiro atoms. The third kappa shape index (κ3) is 5.00. The van der Waals surface area contributed by atoms with Crippen molar-refractivity contribution in [1.29, 1.82) is 0 Å². The first-order valence-corrected chi connectivity index (χ1v) is 11.8. The van der Waals surface area contributed by atoms with Crippen molar-refractivity contribution in [3.8, 4) is 0 Å². The van der Waals surface area contributed by atoms with E-state index in [9.17, 15) is 18.0 Å². The Morgan fingerprint density at radius 2 is 1.66 bits per heavy atom. The number of anilines is 1. The Morgan fingerprint density at radius 1 is 0.906 bits per heavy atom. The van der Waals surface area contributed by atoms with Crippen molar-refractivity contribution in [1.82, 2.24) is 10.6 Å². The van der Waals surface area contributed by atoms with Crippen LogP contribution in [0.4, 0.5) is 5.69 Å². The van der Waals surface area contributed by atoms with Crippen LogP contribution in [0.3, 0.4) is 0 Å². The van der Waals surface area contributed by atoms with Gasteiger partial charge in [-0.3, -0.25) is 13.9 Å². The van der Waals surface area contributed by atoms with Gasteiger partial charge in [0.15, 0.2) is 0 Å². The van der Waals surface area contributed by atoms with Crippen LogP contribution in [0.5, 0.6) is 0 Å². The van der Waals surface area contributed by atoms with Crippen LogP contribution in [0, 0.1) is 0 Å². The Labute approximate surface area is 186 Å². The van der Waals surface area contributed by atoms with E-state index in [0.717, 1.165) is 5.56 Å². The van der Waals surface area contributed by atoms with Gasteiger partial charge in [-0.25, -0.2) is 8.42 Å². The van der Waals surface area contributed by atoms with Gasteiger partial charge in [-0.15, -0.1) is 0 Å².